The van der Waals surface area contributed by atoms with Crippen LogP contribution < -0.4 is 15.4 Å². The zero-order valence-corrected chi connectivity index (χ0v) is 11.1. The molecule has 0 saturated heterocycles. The molecule has 2 aliphatic rings. The fourth-order valence-electron chi connectivity index (χ4n) is 3.31. The number of ether oxygens (including phenoxy) is 1. The van der Waals surface area contributed by atoms with Crippen molar-refractivity contribution in [2.24, 2.45) is 0 Å². The van der Waals surface area contributed by atoms with Gasteiger partial charge in [0.2, 0.25) is 0 Å². The zero-order chi connectivity index (χ0) is 12.6. The van der Waals surface area contributed by atoms with Crippen LogP contribution in [0.15, 0.2) is 18.2 Å². The maximum absolute atomic E-state index is 6.35. The number of benzene rings is 1. The van der Waals surface area contributed by atoms with Gasteiger partial charge in [0, 0.05) is 18.3 Å². The molecule has 0 amide bonds. The first-order valence-electron chi connectivity index (χ1n) is 7.06. The maximum atomic E-state index is 6.35. The van der Waals surface area contributed by atoms with Gasteiger partial charge < -0.3 is 15.4 Å². The zero-order valence-electron chi connectivity index (χ0n) is 11.1. The Balaban J connectivity index is 1.97. The molecule has 3 rings (SSSR count). The predicted octanol–water partition coefficient (Wildman–Crippen LogP) is 3.19. The Labute approximate surface area is 109 Å². The van der Waals surface area contributed by atoms with Crippen LogP contribution in [0.3, 0.4) is 0 Å². The highest BCUT2D eigenvalue weighted by molar-refractivity contribution is 5.65. The van der Waals surface area contributed by atoms with Gasteiger partial charge in [0.25, 0.3) is 0 Å². The molecule has 0 aromatic heterocycles. The van der Waals surface area contributed by atoms with Crippen molar-refractivity contribution in [2.75, 3.05) is 23.7 Å². The average molecular weight is 246 g/mol. The summed E-state index contributed by atoms with van der Waals surface area (Å²) in [5, 5.41) is 0. The molecule has 18 heavy (non-hydrogen) atoms. The van der Waals surface area contributed by atoms with E-state index in [0.29, 0.717) is 0 Å². The van der Waals surface area contributed by atoms with Crippen LogP contribution in [0, 0.1) is 0 Å². The van der Waals surface area contributed by atoms with E-state index >= 15 is 0 Å². The van der Waals surface area contributed by atoms with Crippen LogP contribution in [0.25, 0.3) is 0 Å². The molecule has 2 N–H and O–H groups in total. The van der Waals surface area contributed by atoms with Crippen molar-refractivity contribution in [3.05, 3.63) is 18.2 Å². The minimum Gasteiger partial charge on any atom is -0.483 e. The third kappa shape index (κ3) is 1.92. The average Bonchev–Trinajstić information content (AvgIpc) is 2.38. The topological polar surface area (TPSA) is 38.5 Å². The van der Waals surface area contributed by atoms with Crippen LogP contribution in [-0.4, -0.2) is 18.7 Å². The largest absolute Gasteiger partial charge is 0.483 e. The number of likely N-dealkylation sites (N-methyl/N-ethyl adjacent to an activating group) is 1. The molecular formula is C15H22N2O. The molecule has 1 aliphatic heterocycles. The van der Waals surface area contributed by atoms with Crippen molar-refractivity contribution in [3.63, 3.8) is 0 Å². The molecule has 1 aliphatic carbocycles. The predicted molar refractivity (Wildman–Crippen MR) is 75.2 cm³/mol. The monoisotopic (exact) mass is 246 g/mol. The van der Waals surface area contributed by atoms with Gasteiger partial charge in [0.05, 0.1) is 12.2 Å². The van der Waals surface area contributed by atoms with Gasteiger partial charge in [-0.1, -0.05) is 6.42 Å². The van der Waals surface area contributed by atoms with Gasteiger partial charge in [-0.15, -0.1) is 0 Å². The van der Waals surface area contributed by atoms with E-state index in [9.17, 15) is 0 Å². The first-order valence-corrected chi connectivity index (χ1v) is 7.06. The fraction of sp³-hybridized carbons (Fsp3) is 0.600. The third-order valence-electron chi connectivity index (χ3n) is 4.28. The maximum Gasteiger partial charge on any atom is 0.145 e. The van der Waals surface area contributed by atoms with E-state index in [4.69, 9.17) is 10.5 Å². The molecule has 3 nitrogen and oxygen atoms in total. The summed E-state index contributed by atoms with van der Waals surface area (Å²) in [5.41, 5.74) is 7.91. The lowest BCUT2D eigenvalue weighted by atomic mass is 9.83. The lowest BCUT2D eigenvalue weighted by Gasteiger charge is -2.46. The van der Waals surface area contributed by atoms with Gasteiger partial charge in [-0.05, 0) is 44.7 Å². The number of rotatable bonds is 1. The summed E-state index contributed by atoms with van der Waals surface area (Å²) in [6.07, 6.45) is 6.28. The SMILES string of the molecule is CCN1CC2(CCCCC2)Oc2cc(N)ccc21. The summed E-state index contributed by atoms with van der Waals surface area (Å²) in [5.74, 6) is 0.977. The van der Waals surface area contributed by atoms with E-state index in [1.165, 1.54) is 37.8 Å². The molecule has 1 saturated carbocycles. The minimum absolute atomic E-state index is 0.0368. The van der Waals surface area contributed by atoms with Crippen molar-refractivity contribution < 1.29 is 4.74 Å². The lowest BCUT2D eigenvalue weighted by Crippen LogP contribution is -2.52. The Morgan fingerprint density at radius 3 is 2.78 bits per heavy atom. The number of nitrogens with two attached hydrogens (primary N) is 1. The highest BCUT2D eigenvalue weighted by Crippen LogP contribution is 2.43. The molecule has 0 atom stereocenters. The molecule has 98 valence electrons. The van der Waals surface area contributed by atoms with Gasteiger partial charge in [-0.25, -0.2) is 0 Å². The van der Waals surface area contributed by atoms with Crippen LogP contribution in [0.4, 0.5) is 11.4 Å². The van der Waals surface area contributed by atoms with Gasteiger partial charge in [-0.3, -0.25) is 0 Å². The van der Waals surface area contributed by atoms with E-state index in [1.54, 1.807) is 0 Å². The molecule has 1 aromatic rings. The standard InChI is InChI=1S/C15H22N2O/c1-2-17-11-15(8-4-3-5-9-15)18-14-10-12(16)6-7-13(14)17/h6-7,10H,2-5,8-9,11,16H2,1H3. The van der Waals surface area contributed by atoms with Gasteiger partial charge in [0.1, 0.15) is 11.4 Å². The second kappa shape index (κ2) is 4.38. The molecule has 1 spiro atoms. The van der Waals surface area contributed by atoms with Crippen LogP contribution in [0.2, 0.25) is 0 Å². The molecule has 0 radical (unpaired) electrons. The van der Waals surface area contributed by atoms with Gasteiger partial charge >= 0.3 is 0 Å². The Bertz CT molecular complexity index is 438. The van der Waals surface area contributed by atoms with Crippen LogP contribution in [-0.2, 0) is 0 Å². The molecule has 0 bridgehead atoms. The third-order valence-corrected chi connectivity index (χ3v) is 4.28. The number of hydrogen-bond donors (Lipinski definition) is 1. The Hall–Kier alpha value is -1.38. The summed E-state index contributed by atoms with van der Waals surface area (Å²) >= 11 is 0. The molecule has 1 heterocycles. The number of fused-ring (bicyclic) bond motifs is 1. The molecule has 1 fully saturated rings. The summed E-state index contributed by atoms with van der Waals surface area (Å²) in [7, 11) is 0. The highest BCUT2D eigenvalue weighted by Gasteiger charge is 2.40. The van der Waals surface area contributed by atoms with E-state index in [-0.39, 0.29) is 5.60 Å². The summed E-state index contributed by atoms with van der Waals surface area (Å²) in [4.78, 5) is 2.43. The van der Waals surface area contributed by atoms with Crippen molar-refractivity contribution in [1.82, 2.24) is 0 Å². The van der Waals surface area contributed by atoms with Crippen LogP contribution in [0.1, 0.15) is 39.0 Å². The highest BCUT2D eigenvalue weighted by atomic mass is 16.5. The van der Waals surface area contributed by atoms with E-state index in [2.05, 4.69) is 17.9 Å². The number of nitrogens with zero attached hydrogens (tertiary/aromatic N) is 1. The quantitative estimate of drug-likeness (QED) is 0.773. The fourth-order valence-corrected chi connectivity index (χ4v) is 3.31. The van der Waals surface area contributed by atoms with E-state index < -0.39 is 0 Å². The lowest BCUT2D eigenvalue weighted by molar-refractivity contribution is 0.0289. The second-order valence-corrected chi connectivity index (χ2v) is 5.59. The second-order valence-electron chi connectivity index (χ2n) is 5.59. The van der Waals surface area contributed by atoms with E-state index in [0.717, 1.165) is 24.5 Å². The Kier molecular flexibility index (Phi) is 2.84. The van der Waals surface area contributed by atoms with Crippen LogP contribution >= 0.6 is 0 Å². The number of hydrogen-bond acceptors (Lipinski definition) is 3. The van der Waals surface area contributed by atoms with Crippen molar-refractivity contribution in [1.29, 1.82) is 0 Å². The molecule has 3 heteroatoms. The first-order chi connectivity index (χ1) is 8.72. The molecular weight excluding hydrogens is 224 g/mol. The van der Waals surface area contributed by atoms with Crippen molar-refractivity contribution in [2.45, 2.75) is 44.6 Å². The van der Waals surface area contributed by atoms with E-state index in [1.807, 2.05) is 12.1 Å². The summed E-state index contributed by atoms with van der Waals surface area (Å²) in [6, 6.07) is 6.03. The minimum atomic E-state index is 0.0368. The molecule has 1 aromatic carbocycles. The smallest absolute Gasteiger partial charge is 0.145 e. The van der Waals surface area contributed by atoms with Crippen LogP contribution in [0.5, 0.6) is 5.75 Å². The summed E-state index contributed by atoms with van der Waals surface area (Å²) < 4.78 is 6.35. The first kappa shape index (κ1) is 11.7. The Morgan fingerprint density at radius 1 is 1.28 bits per heavy atom. The van der Waals surface area contributed by atoms with Gasteiger partial charge in [0.15, 0.2) is 0 Å². The summed E-state index contributed by atoms with van der Waals surface area (Å²) in [6.45, 7) is 4.27. The number of nitrogen functional groups attached to an aromatic ring is 1. The van der Waals surface area contributed by atoms with Crippen molar-refractivity contribution in [3.8, 4) is 5.75 Å². The Morgan fingerprint density at radius 2 is 2.06 bits per heavy atom. The van der Waals surface area contributed by atoms with Crippen molar-refractivity contribution >= 4 is 11.4 Å². The number of anilines is 2. The normalized spacial score (nSPS) is 21.5. The molecule has 0 unspecified atom stereocenters. The van der Waals surface area contributed by atoms with Gasteiger partial charge in [-0.2, -0.15) is 0 Å².